The van der Waals surface area contributed by atoms with Gasteiger partial charge in [-0.3, -0.25) is 0 Å². The lowest BCUT2D eigenvalue weighted by Crippen LogP contribution is -2.37. The standard InChI is InChI=1S/C12H15NO4S/c1-17-11(14)10-6-5-9(18-10)8-4-2-3-7-13(8)12(15)16/h5-6,8H,2-4,7H2,1H3,(H,15,16). The maximum atomic E-state index is 11.4. The molecule has 1 aromatic rings. The lowest BCUT2D eigenvalue weighted by molar-refractivity contribution is 0.0606. The number of carbonyl (C=O) groups is 2. The summed E-state index contributed by atoms with van der Waals surface area (Å²) in [6.07, 6.45) is 1.83. The van der Waals surface area contributed by atoms with Gasteiger partial charge >= 0.3 is 12.1 Å². The van der Waals surface area contributed by atoms with Crippen LogP contribution in [0.2, 0.25) is 0 Å². The predicted octanol–water partition coefficient (Wildman–Crippen LogP) is 2.74. The molecule has 0 spiro atoms. The molecule has 1 unspecified atom stereocenters. The lowest BCUT2D eigenvalue weighted by Gasteiger charge is -2.32. The fraction of sp³-hybridized carbons (Fsp3) is 0.500. The van der Waals surface area contributed by atoms with Crippen molar-refractivity contribution >= 4 is 23.4 Å². The Balaban J connectivity index is 2.21. The molecule has 2 rings (SSSR count). The molecule has 1 N–H and O–H groups in total. The molecular weight excluding hydrogens is 254 g/mol. The molecule has 6 heteroatoms. The van der Waals surface area contributed by atoms with Crippen molar-refractivity contribution in [2.75, 3.05) is 13.7 Å². The molecule has 18 heavy (non-hydrogen) atoms. The number of hydrogen-bond acceptors (Lipinski definition) is 4. The third kappa shape index (κ3) is 2.48. The zero-order chi connectivity index (χ0) is 13.1. The summed E-state index contributed by atoms with van der Waals surface area (Å²) < 4.78 is 4.65. The number of esters is 1. The number of amides is 1. The molecule has 0 saturated carbocycles. The highest BCUT2D eigenvalue weighted by Gasteiger charge is 2.29. The number of methoxy groups -OCH3 is 1. The minimum absolute atomic E-state index is 0.125. The van der Waals surface area contributed by atoms with Gasteiger partial charge in [-0.15, -0.1) is 11.3 Å². The first kappa shape index (κ1) is 12.9. The lowest BCUT2D eigenvalue weighted by atomic mass is 10.0. The van der Waals surface area contributed by atoms with E-state index in [0.717, 1.165) is 24.1 Å². The van der Waals surface area contributed by atoms with E-state index in [4.69, 9.17) is 0 Å². The largest absolute Gasteiger partial charge is 0.465 e. The first-order valence-corrected chi connectivity index (χ1v) is 6.62. The highest BCUT2D eigenvalue weighted by Crippen LogP contribution is 2.35. The van der Waals surface area contributed by atoms with Gasteiger partial charge in [-0.2, -0.15) is 0 Å². The number of carboxylic acid groups (broad SMARTS) is 1. The molecule has 1 fully saturated rings. The van der Waals surface area contributed by atoms with Crippen LogP contribution < -0.4 is 0 Å². The number of likely N-dealkylation sites (tertiary alicyclic amines) is 1. The molecule has 1 atom stereocenters. The number of carbonyl (C=O) groups excluding carboxylic acids is 1. The molecule has 2 heterocycles. The smallest absolute Gasteiger partial charge is 0.407 e. The summed E-state index contributed by atoms with van der Waals surface area (Å²) in [5.74, 6) is -0.371. The summed E-state index contributed by atoms with van der Waals surface area (Å²) in [5.41, 5.74) is 0. The van der Waals surface area contributed by atoms with E-state index >= 15 is 0 Å². The van der Waals surface area contributed by atoms with Crippen molar-refractivity contribution in [3.63, 3.8) is 0 Å². The van der Waals surface area contributed by atoms with Crippen molar-refractivity contribution in [3.05, 3.63) is 21.9 Å². The van der Waals surface area contributed by atoms with Crippen molar-refractivity contribution in [2.45, 2.75) is 25.3 Å². The maximum Gasteiger partial charge on any atom is 0.407 e. The van der Waals surface area contributed by atoms with Crippen LogP contribution in [0.4, 0.5) is 4.79 Å². The Morgan fingerprint density at radius 1 is 1.44 bits per heavy atom. The van der Waals surface area contributed by atoms with Crippen LogP contribution in [0.3, 0.4) is 0 Å². The predicted molar refractivity (Wildman–Crippen MR) is 67.0 cm³/mol. The second-order valence-electron chi connectivity index (χ2n) is 4.18. The number of nitrogens with zero attached hydrogens (tertiary/aromatic N) is 1. The molecule has 1 saturated heterocycles. The third-order valence-electron chi connectivity index (χ3n) is 3.09. The summed E-state index contributed by atoms with van der Waals surface area (Å²) in [7, 11) is 1.34. The van der Waals surface area contributed by atoms with E-state index < -0.39 is 6.09 Å². The van der Waals surface area contributed by atoms with Crippen molar-refractivity contribution < 1.29 is 19.4 Å². The molecular formula is C12H15NO4S. The van der Waals surface area contributed by atoms with E-state index in [9.17, 15) is 14.7 Å². The van der Waals surface area contributed by atoms with Crippen LogP contribution >= 0.6 is 11.3 Å². The number of piperidine rings is 1. The molecule has 0 aliphatic carbocycles. The first-order chi connectivity index (χ1) is 8.63. The van der Waals surface area contributed by atoms with E-state index in [2.05, 4.69) is 4.74 Å². The number of thiophene rings is 1. The zero-order valence-corrected chi connectivity index (χ0v) is 10.9. The maximum absolute atomic E-state index is 11.4. The number of rotatable bonds is 2. The van der Waals surface area contributed by atoms with Crippen LogP contribution in [0, 0.1) is 0 Å². The summed E-state index contributed by atoms with van der Waals surface area (Å²) in [5, 5.41) is 9.17. The fourth-order valence-electron chi connectivity index (χ4n) is 2.20. The van der Waals surface area contributed by atoms with Gasteiger partial charge in [-0.25, -0.2) is 9.59 Å². The minimum Gasteiger partial charge on any atom is -0.465 e. The quantitative estimate of drug-likeness (QED) is 0.838. The van der Waals surface area contributed by atoms with Gasteiger partial charge in [-0.1, -0.05) is 0 Å². The normalized spacial score (nSPS) is 19.6. The Morgan fingerprint density at radius 3 is 2.89 bits per heavy atom. The topological polar surface area (TPSA) is 66.8 Å². The van der Waals surface area contributed by atoms with Crippen LogP contribution in [0.5, 0.6) is 0 Å². The summed E-state index contributed by atoms with van der Waals surface area (Å²) in [6.45, 7) is 0.561. The first-order valence-electron chi connectivity index (χ1n) is 5.81. The Hall–Kier alpha value is -1.56. The molecule has 1 aliphatic heterocycles. The zero-order valence-electron chi connectivity index (χ0n) is 10.1. The fourth-order valence-corrected chi connectivity index (χ4v) is 3.27. The molecule has 1 aliphatic rings. The van der Waals surface area contributed by atoms with Crippen LogP contribution in [0.1, 0.15) is 39.9 Å². The van der Waals surface area contributed by atoms with E-state index in [1.54, 1.807) is 6.07 Å². The Bertz CT molecular complexity index is 457. The van der Waals surface area contributed by atoms with Gasteiger partial charge in [0.15, 0.2) is 0 Å². The van der Waals surface area contributed by atoms with Gasteiger partial charge in [0.05, 0.1) is 13.2 Å². The average Bonchev–Trinajstić information content (AvgIpc) is 2.87. The SMILES string of the molecule is COC(=O)c1ccc(C2CCCCN2C(=O)O)s1. The monoisotopic (exact) mass is 269 g/mol. The van der Waals surface area contributed by atoms with Crippen molar-refractivity contribution in [2.24, 2.45) is 0 Å². The molecule has 1 amide bonds. The second-order valence-corrected chi connectivity index (χ2v) is 5.30. The Morgan fingerprint density at radius 2 is 2.22 bits per heavy atom. The summed E-state index contributed by atoms with van der Waals surface area (Å²) in [4.78, 5) is 25.4. The van der Waals surface area contributed by atoms with Gasteiger partial charge in [-0.05, 0) is 31.4 Å². The van der Waals surface area contributed by atoms with Gasteiger partial charge in [0, 0.05) is 11.4 Å². The molecule has 98 valence electrons. The van der Waals surface area contributed by atoms with Crippen LogP contribution in [0.25, 0.3) is 0 Å². The van der Waals surface area contributed by atoms with Gasteiger partial charge < -0.3 is 14.7 Å². The number of hydrogen-bond donors (Lipinski definition) is 1. The summed E-state index contributed by atoms with van der Waals surface area (Å²) in [6, 6.07) is 3.39. The Kier molecular flexibility index (Phi) is 3.86. The third-order valence-corrected chi connectivity index (χ3v) is 4.26. The van der Waals surface area contributed by atoms with Crippen LogP contribution in [-0.2, 0) is 4.74 Å². The highest BCUT2D eigenvalue weighted by atomic mass is 32.1. The molecule has 0 bridgehead atoms. The minimum atomic E-state index is -0.896. The summed E-state index contributed by atoms with van der Waals surface area (Å²) >= 11 is 1.31. The van der Waals surface area contributed by atoms with Gasteiger partial charge in [0.25, 0.3) is 0 Å². The van der Waals surface area contributed by atoms with Crippen LogP contribution in [0.15, 0.2) is 12.1 Å². The van der Waals surface area contributed by atoms with E-state index in [0.29, 0.717) is 11.4 Å². The molecule has 1 aromatic heterocycles. The van der Waals surface area contributed by atoms with Crippen LogP contribution in [-0.4, -0.2) is 35.7 Å². The van der Waals surface area contributed by atoms with Crippen molar-refractivity contribution in [1.29, 1.82) is 0 Å². The second kappa shape index (κ2) is 5.39. The van der Waals surface area contributed by atoms with Gasteiger partial charge in [0.1, 0.15) is 4.88 Å². The van der Waals surface area contributed by atoms with E-state index in [1.807, 2.05) is 6.07 Å². The average molecular weight is 269 g/mol. The molecule has 0 aromatic carbocycles. The molecule has 5 nitrogen and oxygen atoms in total. The number of ether oxygens (including phenoxy) is 1. The van der Waals surface area contributed by atoms with Crippen molar-refractivity contribution in [1.82, 2.24) is 4.90 Å². The van der Waals surface area contributed by atoms with Crippen molar-refractivity contribution in [3.8, 4) is 0 Å². The molecule has 0 radical (unpaired) electrons. The highest BCUT2D eigenvalue weighted by molar-refractivity contribution is 7.14. The van der Waals surface area contributed by atoms with E-state index in [-0.39, 0.29) is 12.0 Å². The Labute approximate surface area is 109 Å². The van der Waals surface area contributed by atoms with Gasteiger partial charge in [0.2, 0.25) is 0 Å². The van der Waals surface area contributed by atoms with E-state index in [1.165, 1.54) is 23.3 Å².